The van der Waals surface area contributed by atoms with Crippen molar-refractivity contribution in [3.63, 3.8) is 0 Å². The van der Waals surface area contributed by atoms with Gasteiger partial charge in [0.25, 0.3) is 0 Å². The first-order valence-corrected chi connectivity index (χ1v) is 24.2. The van der Waals surface area contributed by atoms with E-state index >= 15 is 0 Å². The molecule has 2 aliphatic rings. The summed E-state index contributed by atoms with van der Waals surface area (Å²) in [5.74, 6) is 0. The minimum atomic E-state index is 0.00189. The summed E-state index contributed by atoms with van der Waals surface area (Å²) in [5, 5.41) is 33.2. The average Bonchev–Trinajstić information content (AvgIpc) is 4.05. The Hall–Kier alpha value is -7.58. The number of aromatic nitrogens is 8. The van der Waals surface area contributed by atoms with Crippen molar-refractivity contribution in [3.8, 4) is 44.5 Å². The summed E-state index contributed by atoms with van der Waals surface area (Å²) in [7, 11) is 0. The number of anilines is 2. The summed E-state index contributed by atoms with van der Waals surface area (Å²) in [6, 6.07) is 33.8. The number of fused-ring (bicyclic) bond motifs is 4. The zero-order valence-corrected chi connectivity index (χ0v) is 38.6. The number of hydrogen-bond acceptors (Lipinski definition) is 11. The number of benzene rings is 4. The van der Waals surface area contributed by atoms with Gasteiger partial charge in [-0.1, -0.05) is 48.5 Å². The monoisotopic (exact) mass is 913 g/mol. The Morgan fingerprint density at radius 2 is 1.00 bits per heavy atom. The lowest BCUT2D eigenvalue weighted by molar-refractivity contribution is 0.282. The molecule has 0 atom stereocenters. The highest BCUT2D eigenvalue weighted by atomic mass is 16.3. The lowest BCUT2D eigenvalue weighted by atomic mass is 10.0. The highest BCUT2D eigenvalue weighted by molar-refractivity contribution is 5.99. The predicted molar refractivity (Wildman–Crippen MR) is 275 cm³/mol. The summed E-state index contributed by atoms with van der Waals surface area (Å²) in [6.07, 6.45) is 22.0. The Bertz CT molecular complexity index is 3370. The quantitative estimate of drug-likeness (QED) is 0.107. The van der Waals surface area contributed by atoms with Crippen molar-refractivity contribution in [2.24, 2.45) is 0 Å². The highest BCUT2D eigenvalue weighted by Crippen LogP contribution is 2.34. The normalized spacial score (nSPS) is 14.2. The van der Waals surface area contributed by atoms with Crippen LogP contribution in [0.4, 0.5) is 11.4 Å². The van der Waals surface area contributed by atoms with Gasteiger partial charge in [-0.2, -0.15) is 10.2 Å². The third-order valence-corrected chi connectivity index (χ3v) is 13.6. The van der Waals surface area contributed by atoms with Gasteiger partial charge in [0, 0.05) is 127 Å². The number of nitrogens with zero attached hydrogens (tertiary/aromatic N) is 10. The van der Waals surface area contributed by atoms with E-state index in [4.69, 9.17) is 15.1 Å². The maximum absolute atomic E-state index is 9.44. The van der Waals surface area contributed by atoms with Crippen LogP contribution in [0.1, 0.15) is 43.2 Å². The number of pyridine rings is 2. The van der Waals surface area contributed by atoms with Gasteiger partial charge in [0.05, 0.1) is 30.0 Å². The molecule has 0 radical (unpaired) electrons. The van der Waals surface area contributed by atoms with Crippen molar-refractivity contribution in [1.82, 2.24) is 44.5 Å². The van der Waals surface area contributed by atoms with E-state index in [1.807, 2.05) is 82.7 Å². The highest BCUT2D eigenvalue weighted by Gasteiger charge is 2.17. The van der Waals surface area contributed by atoms with E-state index in [1.54, 1.807) is 6.20 Å². The minimum absolute atomic E-state index is 0.00189. The zero-order chi connectivity index (χ0) is 46.5. The van der Waals surface area contributed by atoms with Gasteiger partial charge in [0.15, 0.2) is 11.3 Å². The average molecular weight is 914 g/mol. The molecule has 0 bridgehead atoms. The molecule has 69 heavy (non-hydrogen) atoms. The Kier molecular flexibility index (Phi) is 12.7. The van der Waals surface area contributed by atoms with Crippen LogP contribution in [0.2, 0.25) is 0 Å². The number of piperazine rings is 1. The first-order chi connectivity index (χ1) is 34.1. The smallest absolute Gasteiger partial charge is 0.162 e. The Labute approximate surface area is 400 Å². The van der Waals surface area contributed by atoms with Crippen molar-refractivity contribution in [3.05, 3.63) is 158 Å². The largest absolute Gasteiger partial charge is 0.396 e. The summed E-state index contributed by atoms with van der Waals surface area (Å²) < 4.78 is 3.71. The van der Waals surface area contributed by atoms with Gasteiger partial charge >= 0.3 is 0 Å². The van der Waals surface area contributed by atoms with Crippen molar-refractivity contribution in [1.29, 1.82) is 0 Å². The molecule has 13 heteroatoms. The lowest BCUT2D eigenvalue weighted by Gasteiger charge is -2.29. The molecule has 8 heterocycles. The van der Waals surface area contributed by atoms with Crippen LogP contribution in [-0.2, 0) is 13.0 Å². The molecule has 13 nitrogen and oxygen atoms in total. The molecule has 0 unspecified atom stereocenters. The van der Waals surface area contributed by atoms with E-state index in [0.29, 0.717) is 0 Å². The van der Waals surface area contributed by atoms with E-state index in [1.165, 1.54) is 36.2 Å². The van der Waals surface area contributed by atoms with E-state index < -0.39 is 0 Å². The summed E-state index contributed by atoms with van der Waals surface area (Å²) in [6.45, 7) is 6.67. The van der Waals surface area contributed by atoms with Gasteiger partial charge < -0.3 is 25.3 Å². The summed E-state index contributed by atoms with van der Waals surface area (Å²) in [5.41, 5.74) is 16.5. The molecule has 2 aliphatic heterocycles. The first-order valence-electron chi connectivity index (χ1n) is 24.2. The number of unbranched alkanes of at least 4 members (excludes halogenated alkanes) is 1. The number of aliphatic hydroxyl groups excluding tert-OH is 2. The number of piperidine rings is 1. The maximum Gasteiger partial charge on any atom is 0.162 e. The molecule has 6 aromatic heterocycles. The topological polar surface area (TPSA) is 145 Å². The molecule has 2 saturated heterocycles. The van der Waals surface area contributed by atoms with Gasteiger partial charge in [-0.15, -0.1) is 0 Å². The zero-order valence-electron chi connectivity index (χ0n) is 38.6. The van der Waals surface area contributed by atoms with E-state index in [9.17, 15) is 5.11 Å². The fourth-order valence-corrected chi connectivity index (χ4v) is 9.78. The van der Waals surface area contributed by atoms with E-state index in [0.717, 1.165) is 142 Å². The molecule has 0 spiro atoms. The van der Waals surface area contributed by atoms with Crippen LogP contribution in [0.3, 0.4) is 0 Å². The van der Waals surface area contributed by atoms with E-state index in [2.05, 4.69) is 102 Å². The Morgan fingerprint density at radius 3 is 1.54 bits per heavy atom. The Balaban J connectivity index is 0.000000151. The summed E-state index contributed by atoms with van der Waals surface area (Å²) in [4.78, 5) is 23.6. The van der Waals surface area contributed by atoms with Gasteiger partial charge in [-0.3, -0.25) is 9.97 Å². The first kappa shape index (κ1) is 44.0. The van der Waals surface area contributed by atoms with Crippen LogP contribution in [0.15, 0.2) is 147 Å². The van der Waals surface area contributed by atoms with Crippen LogP contribution in [0, 0.1) is 0 Å². The minimum Gasteiger partial charge on any atom is -0.396 e. The number of nitrogens with one attached hydrogen (secondary N) is 1. The summed E-state index contributed by atoms with van der Waals surface area (Å²) >= 11 is 0. The second-order valence-electron chi connectivity index (χ2n) is 18.0. The number of aliphatic hydroxyl groups is 2. The van der Waals surface area contributed by atoms with Gasteiger partial charge in [0.1, 0.15) is 0 Å². The molecule has 10 aromatic rings. The van der Waals surface area contributed by atoms with Crippen LogP contribution in [0.5, 0.6) is 0 Å². The molecular weight excluding hydrogens is 859 g/mol. The fraction of sp³-hybridized carbons (Fsp3) is 0.250. The van der Waals surface area contributed by atoms with Gasteiger partial charge in [0.2, 0.25) is 0 Å². The lowest BCUT2D eigenvalue weighted by Crippen LogP contribution is -2.43. The van der Waals surface area contributed by atoms with Crippen molar-refractivity contribution < 1.29 is 10.2 Å². The molecule has 12 rings (SSSR count). The molecule has 0 amide bonds. The number of rotatable bonds is 11. The molecule has 346 valence electrons. The third kappa shape index (κ3) is 9.24. The van der Waals surface area contributed by atoms with Crippen molar-refractivity contribution >= 4 is 44.5 Å². The number of hydrogen-bond donors (Lipinski definition) is 3. The Morgan fingerprint density at radius 1 is 0.478 bits per heavy atom. The molecule has 4 aromatic carbocycles. The van der Waals surface area contributed by atoms with E-state index in [-0.39, 0.29) is 13.2 Å². The third-order valence-electron chi connectivity index (χ3n) is 13.6. The van der Waals surface area contributed by atoms with Crippen LogP contribution in [0.25, 0.3) is 77.6 Å². The molecular formula is C56H55N11O2. The maximum atomic E-state index is 9.44. The van der Waals surface area contributed by atoms with Gasteiger partial charge in [-0.05, 0) is 120 Å². The molecule has 0 aliphatic carbocycles. The second-order valence-corrected chi connectivity index (χ2v) is 18.0. The molecule has 3 N–H and O–H groups in total. The second kappa shape index (κ2) is 19.9. The van der Waals surface area contributed by atoms with Gasteiger partial charge in [-0.25, -0.2) is 19.0 Å². The fourth-order valence-electron chi connectivity index (χ4n) is 9.78. The van der Waals surface area contributed by atoms with Crippen LogP contribution < -0.4 is 15.1 Å². The van der Waals surface area contributed by atoms with Crippen molar-refractivity contribution in [2.45, 2.75) is 45.1 Å². The standard InChI is InChI=1S/C29H30N6O.C27H25N5O/c36-16-2-1-3-21-4-9-26-25(10-11-31-28(26)17-21)27-19-33-35-20-23(18-32-29(27)35)22-5-7-24(8-6-22)34-14-12-30-13-15-34;33-18-19-4-9-24-23(10-11-28-26(24)14-19)25-16-30-32-17-21(15-29-27(25)32)20-5-7-22(8-6-20)31-12-2-1-3-13-31/h4-11,17-20,30,36H,1-3,12-16H2;4-11,14-17,33H,1-3,12-13,18H2. The molecule has 0 saturated carbocycles. The number of aryl methyl sites for hydroxylation is 1. The SMILES string of the molecule is OCCCCc1ccc2c(-c3cnn4cc(-c5ccc(N6CCNCC6)cc5)cnc34)ccnc2c1.OCc1ccc2c(-c3cnn4cc(-c5ccc(N6CCCCC6)cc5)cnc34)ccnc2c1. The van der Waals surface area contributed by atoms with Crippen LogP contribution >= 0.6 is 0 Å². The predicted octanol–water partition coefficient (Wildman–Crippen LogP) is 9.43. The van der Waals surface area contributed by atoms with Crippen molar-refractivity contribution in [2.75, 3.05) is 55.7 Å². The van der Waals surface area contributed by atoms with Crippen LogP contribution in [-0.4, -0.2) is 95.3 Å². The molecule has 2 fully saturated rings.